The van der Waals surface area contributed by atoms with Crippen molar-refractivity contribution in [2.45, 2.75) is 6.92 Å². The lowest BCUT2D eigenvalue weighted by Gasteiger charge is -2.19. The number of nitrogens with zero attached hydrogens (tertiary/aromatic N) is 4. The first kappa shape index (κ1) is 18.7. The number of anilines is 1. The van der Waals surface area contributed by atoms with E-state index in [1.807, 2.05) is 57.4 Å². The maximum absolute atomic E-state index is 13.0. The summed E-state index contributed by atoms with van der Waals surface area (Å²) in [6, 6.07) is 15.5. The molecule has 0 bridgehead atoms. The number of carbonyl (C=O) groups is 1. The van der Waals surface area contributed by atoms with Crippen molar-refractivity contribution in [2.75, 3.05) is 25.0 Å². The number of benzene rings is 1. The van der Waals surface area contributed by atoms with Gasteiger partial charge >= 0.3 is 0 Å². The number of fused-ring (bicyclic) bond motifs is 1. The first-order valence-corrected chi connectivity index (χ1v) is 9.47. The molecule has 4 aromatic rings. The second-order valence-corrected chi connectivity index (χ2v) is 6.95. The minimum Gasteiger partial charge on any atom is -0.463 e. The number of aryl methyl sites for hydroxylation is 2. The van der Waals surface area contributed by atoms with Crippen LogP contribution in [0.1, 0.15) is 16.1 Å². The van der Waals surface area contributed by atoms with E-state index in [1.54, 1.807) is 23.1 Å². The molecule has 0 radical (unpaired) electrons. The van der Waals surface area contributed by atoms with Crippen molar-refractivity contribution in [1.29, 1.82) is 0 Å². The van der Waals surface area contributed by atoms with Crippen molar-refractivity contribution in [3.63, 3.8) is 0 Å². The fraction of sp³-hybridized carbons (Fsp3) is 0.227. The standard InChI is InChI=1S/C22H23N5O2/c1-15-20-17(22(28)23-11-12-26(2)16-8-5-4-6-9-16)14-18(19-10-7-13-29-19)24-21(20)27(3)25-15/h4-10,13-14H,11-12H2,1-3H3,(H,23,28). The summed E-state index contributed by atoms with van der Waals surface area (Å²) in [5.74, 6) is 0.464. The summed E-state index contributed by atoms with van der Waals surface area (Å²) in [6.07, 6.45) is 1.59. The van der Waals surface area contributed by atoms with Crippen LogP contribution in [-0.2, 0) is 7.05 Å². The van der Waals surface area contributed by atoms with Crippen LogP contribution < -0.4 is 10.2 Å². The van der Waals surface area contributed by atoms with Crippen molar-refractivity contribution in [1.82, 2.24) is 20.1 Å². The minimum absolute atomic E-state index is 0.150. The smallest absolute Gasteiger partial charge is 0.252 e. The molecule has 0 atom stereocenters. The zero-order valence-electron chi connectivity index (χ0n) is 16.7. The van der Waals surface area contributed by atoms with E-state index in [1.165, 1.54) is 0 Å². The van der Waals surface area contributed by atoms with Crippen molar-refractivity contribution < 1.29 is 9.21 Å². The van der Waals surface area contributed by atoms with Gasteiger partial charge in [-0.25, -0.2) is 4.98 Å². The topological polar surface area (TPSA) is 76.2 Å². The number of hydrogen-bond acceptors (Lipinski definition) is 5. The van der Waals surface area contributed by atoms with E-state index in [0.717, 1.165) is 16.8 Å². The second-order valence-electron chi connectivity index (χ2n) is 6.95. The van der Waals surface area contributed by atoms with Gasteiger partial charge in [-0.1, -0.05) is 18.2 Å². The molecular formula is C22H23N5O2. The van der Waals surface area contributed by atoms with E-state index in [2.05, 4.69) is 20.3 Å². The molecule has 0 fully saturated rings. The molecule has 4 rings (SSSR count). The molecule has 1 N–H and O–H groups in total. The number of likely N-dealkylation sites (N-methyl/N-ethyl adjacent to an activating group) is 1. The minimum atomic E-state index is -0.150. The molecule has 1 amide bonds. The van der Waals surface area contributed by atoms with Crippen LogP contribution in [0.25, 0.3) is 22.5 Å². The Bertz CT molecular complexity index is 1130. The second kappa shape index (κ2) is 7.79. The maximum Gasteiger partial charge on any atom is 0.252 e. The summed E-state index contributed by atoms with van der Waals surface area (Å²) in [5.41, 5.74) is 3.69. The molecule has 0 unspecified atom stereocenters. The van der Waals surface area contributed by atoms with Crippen LogP contribution in [0.2, 0.25) is 0 Å². The SMILES string of the molecule is Cc1nn(C)c2nc(-c3ccco3)cc(C(=O)NCCN(C)c3ccccc3)c12. The molecule has 148 valence electrons. The largest absolute Gasteiger partial charge is 0.463 e. The third-order valence-electron chi connectivity index (χ3n) is 4.92. The summed E-state index contributed by atoms with van der Waals surface area (Å²) in [5, 5.41) is 8.22. The van der Waals surface area contributed by atoms with E-state index < -0.39 is 0 Å². The van der Waals surface area contributed by atoms with Crippen molar-refractivity contribution in [3.05, 3.63) is 66.1 Å². The predicted octanol–water partition coefficient (Wildman–Crippen LogP) is 3.40. The molecule has 1 aromatic carbocycles. The highest BCUT2D eigenvalue weighted by Gasteiger charge is 2.20. The predicted molar refractivity (Wildman–Crippen MR) is 113 cm³/mol. The van der Waals surface area contributed by atoms with Crippen LogP contribution in [0, 0.1) is 6.92 Å². The number of amides is 1. The number of furan rings is 1. The van der Waals surface area contributed by atoms with Crippen molar-refractivity contribution >= 4 is 22.6 Å². The molecule has 3 aromatic heterocycles. The van der Waals surface area contributed by atoms with E-state index in [4.69, 9.17) is 4.42 Å². The molecule has 0 spiro atoms. The normalized spacial score (nSPS) is 11.0. The van der Waals surface area contributed by atoms with Gasteiger partial charge in [-0.2, -0.15) is 5.10 Å². The Morgan fingerprint density at radius 3 is 2.72 bits per heavy atom. The monoisotopic (exact) mass is 389 g/mol. The molecule has 7 heteroatoms. The number of aromatic nitrogens is 3. The molecule has 0 aliphatic rings. The quantitative estimate of drug-likeness (QED) is 0.547. The molecule has 7 nitrogen and oxygen atoms in total. The van der Waals surface area contributed by atoms with Gasteiger partial charge in [-0.05, 0) is 37.3 Å². The third-order valence-corrected chi connectivity index (χ3v) is 4.92. The summed E-state index contributed by atoms with van der Waals surface area (Å²) in [4.78, 5) is 19.8. The number of para-hydroxylation sites is 1. The summed E-state index contributed by atoms with van der Waals surface area (Å²) in [7, 11) is 3.83. The van der Waals surface area contributed by atoms with E-state index in [-0.39, 0.29) is 5.91 Å². The van der Waals surface area contributed by atoms with Crippen LogP contribution >= 0.6 is 0 Å². The Balaban J connectivity index is 1.58. The Morgan fingerprint density at radius 2 is 2.00 bits per heavy atom. The summed E-state index contributed by atoms with van der Waals surface area (Å²) < 4.78 is 7.17. The zero-order valence-corrected chi connectivity index (χ0v) is 16.7. The van der Waals surface area contributed by atoms with Crippen molar-refractivity contribution in [2.24, 2.45) is 7.05 Å². The number of hydrogen-bond donors (Lipinski definition) is 1. The number of nitrogens with one attached hydrogen (secondary N) is 1. The van der Waals surface area contributed by atoms with Gasteiger partial charge in [0.15, 0.2) is 11.4 Å². The lowest BCUT2D eigenvalue weighted by Crippen LogP contribution is -2.33. The molecule has 0 saturated heterocycles. The highest BCUT2D eigenvalue weighted by molar-refractivity contribution is 6.07. The third kappa shape index (κ3) is 3.71. The van der Waals surface area contributed by atoms with Crippen LogP contribution in [0.3, 0.4) is 0 Å². The lowest BCUT2D eigenvalue weighted by molar-refractivity contribution is 0.0956. The molecule has 29 heavy (non-hydrogen) atoms. The number of pyridine rings is 1. The van der Waals surface area contributed by atoms with Crippen LogP contribution in [0.5, 0.6) is 0 Å². The highest BCUT2D eigenvalue weighted by Crippen LogP contribution is 2.27. The first-order chi connectivity index (χ1) is 14.0. The van der Waals surface area contributed by atoms with Gasteiger partial charge in [0.1, 0.15) is 5.69 Å². The Kier molecular flexibility index (Phi) is 5.03. The highest BCUT2D eigenvalue weighted by atomic mass is 16.3. The Hall–Kier alpha value is -3.61. The molecule has 0 aliphatic heterocycles. The molecule has 0 aliphatic carbocycles. The van der Waals surface area contributed by atoms with Crippen LogP contribution in [-0.4, -0.2) is 40.8 Å². The number of carbonyl (C=O) groups excluding carboxylic acids is 1. The van der Waals surface area contributed by atoms with E-state index in [9.17, 15) is 4.79 Å². The van der Waals surface area contributed by atoms with Gasteiger partial charge in [0.25, 0.3) is 5.91 Å². The van der Waals surface area contributed by atoms with Crippen LogP contribution in [0.4, 0.5) is 5.69 Å². The van der Waals surface area contributed by atoms with Crippen molar-refractivity contribution in [3.8, 4) is 11.5 Å². The Labute approximate surface area is 169 Å². The van der Waals surface area contributed by atoms with Gasteiger partial charge < -0.3 is 14.6 Å². The summed E-state index contributed by atoms with van der Waals surface area (Å²) in [6.45, 7) is 3.10. The molecule has 0 saturated carbocycles. The fourth-order valence-corrected chi connectivity index (χ4v) is 3.42. The fourth-order valence-electron chi connectivity index (χ4n) is 3.42. The Morgan fingerprint density at radius 1 is 1.21 bits per heavy atom. The van der Waals surface area contributed by atoms with Gasteiger partial charge in [0.05, 0.1) is 22.9 Å². The molecular weight excluding hydrogens is 366 g/mol. The summed E-state index contributed by atoms with van der Waals surface area (Å²) >= 11 is 0. The first-order valence-electron chi connectivity index (χ1n) is 9.47. The maximum atomic E-state index is 13.0. The van der Waals surface area contributed by atoms with Gasteiger partial charge in [-0.15, -0.1) is 0 Å². The van der Waals surface area contributed by atoms with E-state index in [0.29, 0.717) is 35.8 Å². The average molecular weight is 389 g/mol. The zero-order chi connectivity index (χ0) is 20.4. The lowest BCUT2D eigenvalue weighted by atomic mass is 10.1. The van der Waals surface area contributed by atoms with Gasteiger partial charge in [0.2, 0.25) is 0 Å². The number of rotatable bonds is 6. The average Bonchev–Trinajstić information content (AvgIpc) is 3.36. The van der Waals surface area contributed by atoms with Gasteiger partial charge in [-0.3, -0.25) is 9.48 Å². The molecule has 3 heterocycles. The van der Waals surface area contributed by atoms with Crippen LogP contribution in [0.15, 0.2) is 59.2 Å². The van der Waals surface area contributed by atoms with Gasteiger partial charge in [0, 0.05) is 32.9 Å². The van der Waals surface area contributed by atoms with E-state index >= 15 is 0 Å².